The minimum atomic E-state index is -0.651. The van der Waals surface area contributed by atoms with Crippen LogP contribution in [0.3, 0.4) is 0 Å². The summed E-state index contributed by atoms with van der Waals surface area (Å²) in [6.45, 7) is 16.1. The molecule has 4 fully saturated rings. The van der Waals surface area contributed by atoms with Crippen LogP contribution in [0.25, 0.3) is 38.5 Å². The molecule has 1 N–H and O–H groups in total. The number of carbonyl (C=O) groups excluding carboxylic acids is 2. The van der Waals surface area contributed by atoms with Crippen LogP contribution in [0.4, 0.5) is 9.18 Å². The summed E-state index contributed by atoms with van der Waals surface area (Å²) >= 11 is 13.1. The summed E-state index contributed by atoms with van der Waals surface area (Å²) in [7, 11) is 0. The molecule has 8 rings (SSSR count). The van der Waals surface area contributed by atoms with Gasteiger partial charge in [0.25, 0.3) is 0 Å². The summed E-state index contributed by atoms with van der Waals surface area (Å²) in [6, 6.07) is 10.5. The number of fused-ring (bicyclic) bond motifs is 4. The fourth-order valence-corrected chi connectivity index (χ4v) is 8.27. The fraction of sp³-hybridized carbons (Fsp3) is 0.450. The minimum absolute atomic E-state index is 0.00486. The average Bonchev–Trinajstić information content (AvgIpc) is 3.36. The van der Waals surface area contributed by atoms with E-state index in [2.05, 4.69) is 22.5 Å². The Bertz CT molecular complexity index is 2190. The molecular weight excluding hydrogens is 688 g/mol. The molecule has 2 bridgehead atoms. The number of ether oxygens (including phenoxy) is 1. The van der Waals surface area contributed by atoms with Crippen molar-refractivity contribution in [3.05, 3.63) is 69.7 Å². The number of aromatic nitrogens is 2. The maximum absolute atomic E-state index is 17.3. The van der Waals surface area contributed by atoms with Gasteiger partial charge in [0.15, 0.2) is 5.82 Å². The van der Waals surface area contributed by atoms with Crippen molar-refractivity contribution in [2.75, 3.05) is 6.54 Å². The van der Waals surface area contributed by atoms with Gasteiger partial charge in [-0.25, -0.2) is 14.2 Å². The van der Waals surface area contributed by atoms with Gasteiger partial charge in [-0.2, -0.15) is 5.26 Å². The number of halogens is 3. The first-order valence-corrected chi connectivity index (χ1v) is 18.3. The number of nitrogens with one attached hydrogen (secondary N) is 1. The molecule has 266 valence electrons. The molecule has 4 heterocycles. The standard InChI is InChI=1S/C40H42Cl2FN5O3/c1-20(2)33-26-18-28(21(3)45-37(49)40(7)13-14-40)48(35-23-17-29(35)47(19-23)38(50)51-39(4,5)6)36(26)25-16-22(10-9-15-44)30(32(43)34(25)46-33)24-11-8-12-27(41)31(24)42/h8,11-12,16,18,21,23,29,35H,1,9-10,13-14,17,19H2,2-7H3,(H,45,49)/t21-,23-,29-,35+/m1/s1. The normalized spacial score (nSPS) is 20.9. The molecular formula is C40H42Cl2FN5O3. The maximum atomic E-state index is 17.3. The summed E-state index contributed by atoms with van der Waals surface area (Å²) in [4.78, 5) is 33.6. The largest absolute Gasteiger partial charge is 0.444 e. The van der Waals surface area contributed by atoms with Crippen molar-refractivity contribution in [3.8, 4) is 17.2 Å². The van der Waals surface area contributed by atoms with Gasteiger partial charge >= 0.3 is 6.09 Å². The van der Waals surface area contributed by atoms with Gasteiger partial charge in [-0.3, -0.25) is 4.79 Å². The first-order chi connectivity index (χ1) is 24.0. The predicted molar refractivity (Wildman–Crippen MR) is 199 cm³/mol. The maximum Gasteiger partial charge on any atom is 0.410 e. The molecule has 4 atom stereocenters. The van der Waals surface area contributed by atoms with Crippen LogP contribution in [0.2, 0.25) is 10.0 Å². The molecule has 0 unspecified atom stereocenters. The third kappa shape index (κ3) is 5.94. The van der Waals surface area contributed by atoms with Crippen LogP contribution in [0, 0.1) is 28.5 Å². The molecule has 4 aliphatic rings. The second kappa shape index (κ2) is 12.5. The molecule has 2 aliphatic heterocycles. The average molecular weight is 731 g/mol. The summed E-state index contributed by atoms with van der Waals surface area (Å²) in [6.07, 6.45) is 2.54. The Morgan fingerprint density at radius 3 is 2.61 bits per heavy atom. The number of benzene rings is 2. The Kier molecular flexibility index (Phi) is 8.66. The van der Waals surface area contributed by atoms with Crippen molar-refractivity contribution >= 4 is 62.6 Å². The summed E-state index contributed by atoms with van der Waals surface area (Å²) in [5.41, 5.74) is 3.14. The lowest BCUT2D eigenvalue weighted by Crippen LogP contribution is -2.45. The van der Waals surface area contributed by atoms with E-state index in [0.717, 1.165) is 35.9 Å². The van der Waals surface area contributed by atoms with E-state index in [-0.39, 0.29) is 69.4 Å². The van der Waals surface area contributed by atoms with E-state index in [1.165, 1.54) is 0 Å². The van der Waals surface area contributed by atoms with Crippen LogP contribution in [-0.4, -0.2) is 44.6 Å². The second-order valence-corrected chi connectivity index (χ2v) is 16.5. The molecule has 0 radical (unpaired) electrons. The van der Waals surface area contributed by atoms with Crippen molar-refractivity contribution in [3.63, 3.8) is 0 Å². The zero-order valence-corrected chi connectivity index (χ0v) is 31.3. The molecule has 4 aromatic rings. The van der Waals surface area contributed by atoms with E-state index < -0.39 is 17.5 Å². The molecule has 2 amide bonds. The Labute approximate surface area is 307 Å². The number of aryl methyl sites for hydroxylation is 1. The van der Waals surface area contributed by atoms with Gasteiger partial charge in [0.1, 0.15) is 11.1 Å². The first kappa shape index (κ1) is 35.3. The van der Waals surface area contributed by atoms with Crippen LogP contribution >= 0.6 is 23.2 Å². The topological polar surface area (TPSA) is 100 Å². The highest BCUT2D eigenvalue weighted by Crippen LogP contribution is 2.54. The van der Waals surface area contributed by atoms with E-state index in [1.54, 1.807) is 18.2 Å². The van der Waals surface area contributed by atoms with Crippen molar-refractivity contribution < 1.29 is 18.7 Å². The number of allylic oxidation sites excluding steroid dienone is 1. The zero-order valence-electron chi connectivity index (χ0n) is 29.8. The third-order valence-corrected chi connectivity index (χ3v) is 11.6. The second-order valence-electron chi connectivity index (χ2n) is 15.8. The summed E-state index contributed by atoms with van der Waals surface area (Å²) in [5, 5.41) is 14.7. The highest BCUT2D eigenvalue weighted by atomic mass is 35.5. The number of amides is 2. The molecule has 2 aromatic carbocycles. The lowest BCUT2D eigenvalue weighted by Gasteiger charge is -2.40. The third-order valence-electron chi connectivity index (χ3n) is 10.8. The van der Waals surface area contributed by atoms with Gasteiger partial charge in [-0.15, -0.1) is 0 Å². The molecule has 2 saturated carbocycles. The Morgan fingerprint density at radius 1 is 1.24 bits per heavy atom. The Balaban J connectivity index is 1.51. The molecule has 8 nitrogen and oxygen atoms in total. The monoisotopic (exact) mass is 729 g/mol. The van der Waals surface area contributed by atoms with E-state index in [9.17, 15) is 14.9 Å². The predicted octanol–water partition coefficient (Wildman–Crippen LogP) is 9.95. The van der Waals surface area contributed by atoms with Crippen LogP contribution in [0.1, 0.15) is 96.3 Å². The highest BCUT2D eigenvalue weighted by Gasteiger charge is 2.56. The van der Waals surface area contributed by atoms with Gasteiger partial charge in [-0.1, -0.05) is 48.8 Å². The van der Waals surface area contributed by atoms with E-state index in [1.807, 2.05) is 58.6 Å². The Morgan fingerprint density at radius 2 is 1.96 bits per heavy atom. The number of nitrogens with zero attached hydrogens (tertiary/aromatic N) is 4. The van der Waals surface area contributed by atoms with Crippen molar-refractivity contribution in [1.29, 1.82) is 5.26 Å². The van der Waals surface area contributed by atoms with E-state index in [0.29, 0.717) is 34.3 Å². The van der Waals surface area contributed by atoms with Crippen LogP contribution in [0.5, 0.6) is 0 Å². The summed E-state index contributed by atoms with van der Waals surface area (Å²) < 4.78 is 25.3. The van der Waals surface area contributed by atoms with Crippen molar-refractivity contribution in [1.82, 2.24) is 19.8 Å². The number of nitriles is 1. The number of rotatable bonds is 8. The number of hydrogen-bond acceptors (Lipinski definition) is 5. The molecule has 11 heteroatoms. The van der Waals surface area contributed by atoms with Crippen LogP contribution < -0.4 is 5.32 Å². The Hall–Kier alpha value is -4.13. The fourth-order valence-electron chi connectivity index (χ4n) is 7.87. The molecule has 51 heavy (non-hydrogen) atoms. The number of carbonyl (C=O) groups is 2. The molecule has 0 spiro atoms. The number of pyridine rings is 1. The van der Waals surface area contributed by atoms with E-state index in [4.69, 9.17) is 32.9 Å². The van der Waals surface area contributed by atoms with Gasteiger partial charge in [0.2, 0.25) is 5.91 Å². The van der Waals surface area contributed by atoms with Crippen LogP contribution in [-0.2, 0) is 16.0 Å². The van der Waals surface area contributed by atoms with Gasteiger partial charge in [0.05, 0.1) is 45.5 Å². The van der Waals surface area contributed by atoms with Gasteiger partial charge < -0.3 is 19.5 Å². The first-order valence-electron chi connectivity index (χ1n) is 17.5. The smallest absolute Gasteiger partial charge is 0.410 e. The zero-order chi connectivity index (χ0) is 36.7. The van der Waals surface area contributed by atoms with E-state index >= 15 is 4.39 Å². The molecule has 2 aliphatic carbocycles. The minimum Gasteiger partial charge on any atom is -0.444 e. The van der Waals surface area contributed by atoms with Crippen molar-refractivity contribution in [2.45, 2.75) is 97.4 Å². The number of hydrogen-bond donors (Lipinski definition) is 1. The summed E-state index contributed by atoms with van der Waals surface area (Å²) in [5.74, 6) is -0.460. The quantitative estimate of drug-likeness (QED) is 0.195. The lowest BCUT2D eigenvalue weighted by atomic mass is 9.79. The van der Waals surface area contributed by atoms with Gasteiger partial charge in [-0.05, 0) is 89.6 Å². The lowest BCUT2D eigenvalue weighted by molar-refractivity contribution is -0.126. The highest BCUT2D eigenvalue weighted by molar-refractivity contribution is 6.43. The SMILES string of the molecule is C=C(C)c1nc2c(F)c(-c3cccc(Cl)c3Cl)c(CCC#N)cc2c2c1cc([C@@H](C)NC(=O)C1(C)CC1)n2[C@H]1[C@@H]2C[C@H]1N(C(=O)OC(C)(C)C)C2. The van der Waals surface area contributed by atoms with Crippen molar-refractivity contribution in [2.24, 2.45) is 11.3 Å². The molecule has 2 aromatic heterocycles. The van der Waals surface area contributed by atoms with Gasteiger partial charge in [0, 0.05) is 51.9 Å². The molecule has 2 saturated heterocycles. The van der Waals surface area contributed by atoms with Crippen LogP contribution in [0.15, 0.2) is 36.9 Å².